The fraction of sp³-hybridized carbons (Fsp3) is 0.458. The van der Waals surface area contributed by atoms with Gasteiger partial charge in [0.15, 0.2) is 0 Å². The van der Waals surface area contributed by atoms with Gasteiger partial charge in [0.25, 0.3) is 5.56 Å². The van der Waals surface area contributed by atoms with E-state index in [0.29, 0.717) is 23.2 Å². The number of nitrogens with zero attached hydrogens (tertiary/aromatic N) is 2. The number of carbonyl (C=O) groups is 1. The molecule has 0 bridgehead atoms. The van der Waals surface area contributed by atoms with Crippen LogP contribution in [0.25, 0.3) is 10.2 Å². The molecule has 1 aliphatic rings. The summed E-state index contributed by atoms with van der Waals surface area (Å²) in [5.74, 6) is -0.197. The number of fused-ring (bicyclic) bond motifs is 3. The largest absolute Gasteiger partial charge is 0.352 e. The lowest BCUT2D eigenvalue weighted by molar-refractivity contribution is -0.122. The molecule has 4 rings (SSSR count). The number of aromatic nitrogens is 2. The van der Waals surface area contributed by atoms with E-state index in [0.717, 1.165) is 43.2 Å². The molecule has 1 N–H and O–H groups in total. The minimum absolute atomic E-state index is 0.0409. The summed E-state index contributed by atoms with van der Waals surface area (Å²) in [6, 6.07) is 9.88. The number of amides is 1. The smallest absolute Gasteiger partial charge is 0.332 e. The molecule has 2 aromatic heterocycles. The highest BCUT2D eigenvalue weighted by Crippen LogP contribution is 2.34. The minimum Gasteiger partial charge on any atom is -0.352 e. The van der Waals surface area contributed by atoms with Crippen LogP contribution in [0.3, 0.4) is 0 Å². The Kier molecular flexibility index (Phi) is 6.41. The van der Waals surface area contributed by atoms with E-state index >= 15 is 0 Å². The van der Waals surface area contributed by atoms with E-state index in [-0.39, 0.29) is 24.1 Å². The van der Waals surface area contributed by atoms with Crippen molar-refractivity contribution in [1.82, 2.24) is 14.5 Å². The molecule has 0 fully saturated rings. The van der Waals surface area contributed by atoms with Crippen molar-refractivity contribution in [3.63, 3.8) is 0 Å². The lowest BCUT2D eigenvalue weighted by atomic mass is 9.97. The lowest BCUT2D eigenvalue weighted by Crippen LogP contribution is -2.43. The summed E-state index contributed by atoms with van der Waals surface area (Å²) >= 11 is 1.51. The molecule has 1 unspecified atom stereocenters. The van der Waals surface area contributed by atoms with E-state index in [4.69, 9.17) is 0 Å². The monoisotopic (exact) mass is 439 g/mol. The van der Waals surface area contributed by atoms with Gasteiger partial charge in [0.1, 0.15) is 11.4 Å². The third-order valence-corrected chi connectivity index (χ3v) is 7.42. The molecule has 1 aromatic carbocycles. The first-order chi connectivity index (χ1) is 15.0. The molecule has 1 atom stereocenters. The van der Waals surface area contributed by atoms with Crippen molar-refractivity contribution in [2.45, 2.75) is 71.5 Å². The standard InChI is InChI=1S/C24H29N3O3S/c1-3-16(2)25-20(28)15-27-23-21(18-11-7-8-12-19(18)31-23)22(29)26(24(27)30)14-13-17-9-5-4-6-10-17/h4-6,9-10,16H,3,7-8,11-15H2,1-2H3,(H,25,28). The van der Waals surface area contributed by atoms with Gasteiger partial charge in [-0.05, 0) is 56.6 Å². The number of aryl methyl sites for hydroxylation is 3. The fourth-order valence-corrected chi connectivity index (χ4v) is 5.58. The van der Waals surface area contributed by atoms with Crippen LogP contribution in [0, 0.1) is 0 Å². The lowest BCUT2D eigenvalue weighted by Gasteiger charge is -2.15. The SMILES string of the molecule is CCC(C)NC(=O)Cn1c(=O)n(CCc2ccccc2)c(=O)c2c3c(sc21)CCCC3. The molecular formula is C24H29N3O3S. The third kappa shape index (κ3) is 4.37. The van der Waals surface area contributed by atoms with E-state index in [9.17, 15) is 14.4 Å². The molecule has 0 aliphatic heterocycles. The van der Waals surface area contributed by atoms with Gasteiger partial charge in [-0.15, -0.1) is 11.3 Å². The fourth-order valence-electron chi connectivity index (χ4n) is 4.20. The van der Waals surface area contributed by atoms with Crippen molar-refractivity contribution in [2.75, 3.05) is 0 Å². The number of thiophene rings is 1. The van der Waals surface area contributed by atoms with Gasteiger partial charge < -0.3 is 5.32 Å². The van der Waals surface area contributed by atoms with Gasteiger partial charge in [-0.25, -0.2) is 4.79 Å². The second-order valence-electron chi connectivity index (χ2n) is 8.33. The summed E-state index contributed by atoms with van der Waals surface area (Å²) in [5, 5.41) is 3.58. The van der Waals surface area contributed by atoms with Gasteiger partial charge in [0.2, 0.25) is 5.91 Å². The Morgan fingerprint density at radius 3 is 2.61 bits per heavy atom. The van der Waals surface area contributed by atoms with Crippen LogP contribution in [0.5, 0.6) is 0 Å². The number of nitrogens with one attached hydrogen (secondary N) is 1. The minimum atomic E-state index is -0.397. The number of hydrogen-bond acceptors (Lipinski definition) is 4. The average molecular weight is 440 g/mol. The van der Waals surface area contributed by atoms with E-state index in [1.54, 1.807) is 0 Å². The number of rotatable bonds is 7. The first-order valence-electron chi connectivity index (χ1n) is 11.1. The summed E-state index contributed by atoms with van der Waals surface area (Å²) in [4.78, 5) is 41.3. The van der Waals surface area contributed by atoms with Crippen molar-refractivity contribution in [3.8, 4) is 0 Å². The third-order valence-electron chi connectivity index (χ3n) is 6.11. The Hall–Kier alpha value is -2.67. The summed E-state index contributed by atoms with van der Waals surface area (Å²) in [5.41, 5.74) is 1.54. The topological polar surface area (TPSA) is 73.1 Å². The van der Waals surface area contributed by atoms with E-state index in [1.165, 1.54) is 25.3 Å². The normalized spacial score (nSPS) is 14.4. The zero-order valence-corrected chi connectivity index (χ0v) is 19.0. The number of hydrogen-bond donors (Lipinski definition) is 1. The van der Waals surface area contributed by atoms with Gasteiger partial charge >= 0.3 is 5.69 Å². The molecule has 6 nitrogen and oxygen atoms in total. The van der Waals surface area contributed by atoms with E-state index in [1.807, 2.05) is 44.2 Å². The molecule has 31 heavy (non-hydrogen) atoms. The second-order valence-corrected chi connectivity index (χ2v) is 9.41. The van der Waals surface area contributed by atoms with Crippen LogP contribution in [0.15, 0.2) is 39.9 Å². The van der Waals surface area contributed by atoms with Crippen molar-refractivity contribution < 1.29 is 4.79 Å². The molecule has 3 aromatic rings. The zero-order valence-electron chi connectivity index (χ0n) is 18.1. The van der Waals surface area contributed by atoms with Crippen LogP contribution in [-0.2, 0) is 37.1 Å². The quantitative estimate of drug-likeness (QED) is 0.614. The molecule has 164 valence electrons. The molecule has 0 saturated heterocycles. The molecule has 0 spiro atoms. The van der Waals surface area contributed by atoms with Crippen LogP contribution in [-0.4, -0.2) is 21.1 Å². The highest BCUT2D eigenvalue weighted by Gasteiger charge is 2.24. The molecule has 7 heteroatoms. The maximum absolute atomic E-state index is 13.4. The summed E-state index contributed by atoms with van der Waals surface area (Å²) < 4.78 is 2.84. The van der Waals surface area contributed by atoms with Crippen molar-refractivity contribution in [1.29, 1.82) is 0 Å². The molecule has 1 amide bonds. The maximum Gasteiger partial charge on any atom is 0.332 e. The summed E-state index contributed by atoms with van der Waals surface area (Å²) in [6.07, 6.45) is 5.36. The van der Waals surface area contributed by atoms with Crippen molar-refractivity contribution in [3.05, 3.63) is 67.2 Å². The first-order valence-corrected chi connectivity index (χ1v) is 11.9. The van der Waals surface area contributed by atoms with Gasteiger partial charge in [-0.3, -0.25) is 18.7 Å². The van der Waals surface area contributed by atoms with Crippen LogP contribution < -0.4 is 16.6 Å². The highest BCUT2D eigenvalue weighted by molar-refractivity contribution is 7.18. The molecule has 1 aliphatic carbocycles. The highest BCUT2D eigenvalue weighted by atomic mass is 32.1. The van der Waals surface area contributed by atoms with Crippen LogP contribution in [0.2, 0.25) is 0 Å². The predicted molar refractivity (Wildman–Crippen MR) is 125 cm³/mol. The predicted octanol–water partition coefficient (Wildman–Crippen LogP) is 3.26. The van der Waals surface area contributed by atoms with Crippen molar-refractivity contribution in [2.24, 2.45) is 0 Å². The van der Waals surface area contributed by atoms with Crippen molar-refractivity contribution >= 4 is 27.5 Å². The average Bonchev–Trinajstić information content (AvgIpc) is 3.17. The molecule has 2 heterocycles. The Bertz CT molecular complexity index is 1210. The number of benzene rings is 1. The van der Waals surface area contributed by atoms with E-state index in [2.05, 4.69) is 5.32 Å². The van der Waals surface area contributed by atoms with Crippen LogP contribution in [0.4, 0.5) is 0 Å². The van der Waals surface area contributed by atoms with Gasteiger partial charge in [0.05, 0.1) is 5.39 Å². The number of carbonyl (C=O) groups excluding carboxylic acids is 1. The summed E-state index contributed by atoms with van der Waals surface area (Å²) in [6.45, 7) is 4.19. The Labute approximate surface area is 185 Å². The maximum atomic E-state index is 13.4. The van der Waals surface area contributed by atoms with E-state index < -0.39 is 5.69 Å². The van der Waals surface area contributed by atoms with Gasteiger partial charge in [0, 0.05) is 17.5 Å². The van der Waals surface area contributed by atoms with Crippen LogP contribution >= 0.6 is 11.3 Å². The molecule has 0 saturated carbocycles. The van der Waals surface area contributed by atoms with Gasteiger partial charge in [-0.2, -0.15) is 0 Å². The first kappa shape index (κ1) is 21.6. The Morgan fingerprint density at radius 2 is 1.87 bits per heavy atom. The Morgan fingerprint density at radius 1 is 1.13 bits per heavy atom. The zero-order chi connectivity index (χ0) is 22.0. The molecule has 0 radical (unpaired) electrons. The Balaban J connectivity index is 1.80. The summed E-state index contributed by atoms with van der Waals surface area (Å²) in [7, 11) is 0. The second kappa shape index (κ2) is 9.22. The van der Waals surface area contributed by atoms with Crippen LogP contribution in [0.1, 0.15) is 49.1 Å². The molecular weight excluding hydrogens is 410 g/mol. The van der Waals surface area contributed by atoms with Gasteiger partial charge in [-0.1, -0.05) is 37.3 Å².